The molecule has 0 fully saturated rings. The molecule has 4 rings (SSSR count). The van der Waals surface area contributed by atoms with Crippen molar-refractivity contribution in [1.82, 2.24) is 4.57 Å². The molecule has 0 N–H and O–H groups in total. The van der Waals surface area contributed by atoms with Crippen molar-refractivity contribution in [2.45, 2.75) is 26.8 Å². The van der Waals surface area contributed by atoms with Gasteiger partial charge in [0, 0.05) is 27.6 Å². The van der Waals surface area contributed by atoms with Gasteiger partial charge in [-0.05, 0) is 60.4 Å². The first-order valence-electron chi connectivity index (χ1n) is 10.1. The van der Waals surface area contributed by atoms with Gasteiger partial charge in [-0.1, -0.05) is 64.5 Å². The van der Waals surface area contributed by atoms with E-state index in [1.807, 2.05) is 19.1 Å². The van der Waals surface area contributed by atoms with Crippen LogP contribution < -0.4 is 0 Å². The number of ether oxygens (including phenoxy) is 1. The largest absolute Gasteiger partial charge is 0.466 e. The van der Waals surface area contributed by atoms with Crippen LogP contribution in [0.1, 0.15) is 23.7 Å². The van der Waals surface area contributed by atoms with Crippen LogP contribution in [0.25, 0.3) is 22.0 Å². The summed E-state index contributed by atoms with van der Waals surface area (Å²) in [5.41, 5.74) is 6.89. The van der Waals surface area contributed by atoms with E-state index in [4.69, 9.17) is 4.74 Å². The Bertz CT molecular complexity index is 1190. The van der Waals surface area contributed by atoms with Crippen molar-refractivity contribution in [2.24, 2.45) is 0 Å². The quantitative estimate of drug-likeness (QED) is 0.305. The summed E-state index contributed by atoms with van der Waals surface area (Å²) in [6.45, 7) is 5.06. The zero-order valence-electron chi connectivity index (χ0n) is 17.2. The summed E-state index contributed by atoms with van der Waals surface area (Å²) in [6.07, 6.45) is 0.281. The van der Waals surface area contributed by atoms with E-state index in [1.165, 1.54) is 16.7 Å². The van der Waals surface area contributed by atoms with Gasteiger partial charge in [-0.25, -0.2) is 0 Å². The van der Waals surface area contributed by atoms with Gasteiger partial charge in [-0.2, -0.15) is 0 Å². The van der Waals surface area contributed by atoms with Crippen molar-refractivity contribution in [3.8, 4) is 11.1 Å². The summed E-state index contributed by atoms with van der Waals surface area (Å²) in [5.74, 6) is -0.189. The molecule has 4 heteroatoms. The Labute approximate surface area is 185 Å². The van der Waals surface area contributed by atoms with Crippen LogP contribution in [-0.4, -0.2) is 17.1 Å². The molecule has 3 aromatic carbocycles. The summed E-state index contributed by atoms with van der Waals surface area (Å²) in [6, 6.07) is 25.3. The zero-order valence-corrected chi connectivity index (χ0v) is 18.8. The Morgan fingerprint density at radius 1 is 0.967 bits per heavy atom. The predicted molar refractivity (Wildman–Crippen MR) is 126 cm³/mol. The van der Waals surface area contributed by atoms with Crippen LogP contribution in [0.15, 0.2) is 77.3 Å². The molecule has 1 heterocycles. The van der Waals surface area contributed by atoms with E-state index in [1.54, 1.807) is 0 Å². The summed E-state index contributed by atoms with van der Waals surface area (Å²) in [4.78, 5) is 12.2. The van der Waals surface area contributed by atoms with Crippen molar-refractivity contribution in [2.75, 3.05) is 6.61 Å². The number of nitrogens with zero attached hydrogens (tertiary/aromatic N) is 1. The minimum absolute atomic E-state index is 0.189. The standard InChI is InChI=1S/C26H24BrNO2/c1-3-30-26(29)16-23-18(2)28(25-13-12-22(27)15-24(23)25)17-19-8-7-11-21(14-19)20-9-5-4-6-10-20/h4-15H,3,16-17H2,1-2H3. The van der Waals surface area contributed by atoms with Crippen LogP contribution in [0, 0.1) is 6.92 Å². The van der Waals surface area contributed by atoms with E-state index in [0.29, 0.717) is 6.61 Å². The first-order chi connectivity index (χ1) is 14.6. The molecule has 1 aromatic heterocycles. The van der Waals surface area contributed by atoms with E-state index >= 15 is 0 Å². The maximum absolute atomic E-state index is 12.2. The van der Waals surface area contributed by atoms with Gasteiger partial charge in [0.2, 0.25) is 0 Å². The lowest BCUT2D eigenvalue weighted by molar-refractivity contribution is -0.142. The molecule has 0 bridgehead atoms. The third-order valence-corrected chi connectivity index (χ3v) is 5.91. The van der Waals surface area contributed by atoms with Crippen LogP contribution in [0.5, 0.6) is 0 Å². The molecule has 0 aliphatic rings. The number of rotatable bonds is 6. The number of hydrogen-bond acceptors (Lipinski definition) is 2. The topological polar surface area (TPSA) is 31.2 Å². The van der Waals surface area contributed by atoms with E-state index < -0.39 is 0 Å². The summed E-state index contributed by atoms with van der Waals surface area (Å²) < 4.78 is 8.51. The molecule has 0 spiro atoms. The highest BCUT2D eigenvalue weighted by Gasteiger charge is 2.18. The van der Waals surface area contributed by atoms with Gasteiger partial charge in [-0.15, -0.1) is 0 Å². The number of halogens is 1. The number of fused-ring (bicyclic) bond motifs is 1. The van der Waals surface area contributed by atoms with Gasteiger partial charge in [0.15, 0.2) is 0 Å². The Kier molecular flexibility index (Phi) is 6.05. The minimum Gasteiger partial charge on any atom is -0.466 e. The maximum atomic E-state index is 12.2. The fourth-order valence-electron chi connectivity index (χ4n) is 3.97. The van der Waals surface area contributed by atoms with E-state index in [0.717, 1.165) is 33.2 Å². The fourth-order valence-corrected chi connectivity index (χ4v) is 4.33. The summed E-state index contributed by atoms with van der Waals surface area (Å²) in [5, 5.41) is 1.09. The fraction of sp³-hybridized carbons (Fsp3) is 0.192. The SMILES string of the molecule is CCOC(=O)Cc1c(C)n(Cc2cccc(-c3ccccc3)c2)c2ccc(Br)cc12. The highest BCUT2D eigenvalue weighted by molar-refractivity contribution is 9.10. The predicted octanol–water partition coefficient (Wildman–Crippen LogP) is 6.53. The van der Waals surface area contributed by atoms with Crippen LogP contribution in [-0.2, 0) is 22.5 Å². The number of carbonyl (C=O) groups excluding carboxylic acids is 1. The molecule has 3 nitrogen and oxygen atoms in total. The molecule has 0 saturated carbocycles. The number of esters is 1. The first kappa shape index (κ1) is 20.4. The lowest BCUT2D eigenvalue weighted by Crippen LogP contribution is -2.09. The normalized spacial score (nSPS) is 11.0. The van der Waals surface area contributed by atoms with Crippen LogP contribution >= 0.6 is 15.9 Å². The second kappa shape index (κ2) is 8.88. The first-order valence-corrected chi connectivity index (χ1v) is 10.9. The highest BCUT2D eigenvalue weighted by atomic mass is 79.9. The Hall–Kier alpha value is -2.85. The Morgan fingerprint density at radius 3 is 2.50 bits per heavy atom. The maximum Gasteiger partial charge on any atom is 0.310 e. The van der Waals surface area contributed by atoms with E-state index in [2.05, 4.69) is 88.1 Å². The number of aromatic nitrogens is 1. The van der Waals surface area contributed by atoms with Crippen LogP contribution in [0.3, 0.4) is 0 Å². The van der Waals surface area contributed by atoms with E-state index in [-0.39, 0.29) is 12.4 Å². The molecule has 152 valence electrons. The van der Waals surface area contributed by atoms with Gasteiger partial charge in [-0.3, -0.25) is 4.79 Å². The van der Waals surface area contributed by atoms with Gasteiger partial charge in [0.25, 0.3) is 0 Å². The second-order valence-electron chi connectivity index (χ2n) is 7.36. The van der Waals surface area contributed by atoms with Crippen LogP contribution in [0.4, 0.5) is 0 Å². The second-order valence-corrected chi connectivity index (χ2v) is 8.28. The number of benzene rings is 3. The summed E-state index contributed by atoms with van der Waals surface area (Å²) >= 11 is 3.57. The smallest absolute Gasteiger partial charge is 0.310 e. The molecular formula is C26H24BrNO2. The van der Waals surface area contributed by atoms with Gasteiger partial charge in [0.1, 0.15) is 0 Å². The molecule has 0 radical (unpaired) electrons. The van der Waals surface area contributed by atoms with Crippen molar-refractivity contribution in [3.05, 3.63) is 94.1 Å². The zero-order chi connectivity index (χ0) is 21.1. The van der Waals surface area contributed by atoms with Gasteiger partial charge >= 0.3 is 5.97 Å². The molecule has 0 amide bonds. The molecule has 0 unspecified atom stereocenters. The van der Waals surface area contributed by atoms with Crippen molar-refractivity contribution >= 4 is 32.8 Å². The summed E-state index contributed by atoms with van der Waals surface area (Å²) in [7, 11) is 0. The average molecular weight is 462 g/mol. The van der Waals surface area contributed by atoms with Crippen molar-refractivity contribution in [1.29, 1.82) is 0 Å². The Balaban J connectivity index is 1.75. The number of hydrogen-bond donors (Lipinski definition) is 0. The monoisotopic (exact) mass is 461 g/mol. The lowest BCUT2D eigenvalue weighted by atomic mass is 10.0. The van der Waals surface area contributed by atoms with Gasteiger partial charge in [0.05, 0.1) is 13.0 Å². The molecular weight excluding hydrogens is 438 g/mol. The molecule has 0 aliphatic carbocycles. The molecule has 0 atom stereocenters. The Morgan fingerprint density at radius 2 is 1.73 bits per heavy atom. The van der Waals surface area contributed by atoms with Gasteiger partial charge < -0.3 is 9.30 Å². The molecule has 4 aromatic rings. The highest BCUT2D eigenvalue weighted by Crippen LogP contribution is 2.30. The molecule has 0 saturated heterocycles. The minimum atomic E-state index is -0.189. The van der Waals surface area contributed by atoms with Crippen molar-refractivity contribution in [3.63, 3.8) is 0 Å². The molecule has 0 aliphatic heterocycles. The molecule has 30 heavy (non-hydrogen) atoms. The number of carbonyl (C=O) groups is 1. The van der Waals surface area contributed by atoms with E-state index in [9.17, 15) is 4.79 Å². The third kappa shape index (κ3) is 4.19. The third-order valence-electron chi connectivity index (χ3n) is 5.42. The average Bonchev–Trinajstić information content (AvgIpc) is 3.00. The van der Waals surface area contributed by atoms with Crippen molar-refractivity contribution < 1.29 is 9.53 Å². The lowest BCUT2D eigenvalue weighted by Gasteiger charge is -2.11. The van der Waals surface area contributed by atoms with Crippen LogP contribution in [0.2, 0.25) is 0 Å².